The van der Waals surface area contributed by atoms with E-state index in [9.17, 15) is 34.4 Å². The fourth-order valence-corrected chi connectivity index (χ4v) is 12.2. The van der Waals surface area contributed by atoms with Crippen LogP contribution in [0.25, 0.3) is 0 Å². The molecule has 0 aliphatic carbocycles. The normalized spacial score (nSPS) is 24.1. The fraction of sp³-hybridized carbons (Fsp3) is 0.182. The summed E-state index contributed by atoms with van der Waals surface area (Å²) in [5.74, 6) is -7.52. The van der Waals surface area contributed by atoms with Crippen LogP contribution in [0.15, 0.2) is 70.5 Å². The van der Waals surface area contributed by atoms with Crippen molar-refractivity contribution in [1.82, 2.24) is 0 Å². The maximum absolute atomic E-state index is 14.8. The topological polar surface area (TPSA) is 68.3 Å². The van der Waals surface area contributed by atoms with Crippen molar-refractivity contribution in [3.8, 4) is 0 Å². The van der Waals surface area contributed by atoms with E-state index in [1.807, 2.05) is 0 Å². The molecule has 0 radical (unpaired) electrons. The van der Waals surface area contributed by atoms with Crippen LogP contribution in [0.1, 0.15) is 21.6 Å². The molecule has 0 saturated carbocycles. The monoisotopic (exact) mass is 514 g/mol. The van der Waals surface area contributed by atoms with Gasteiger partial charge in [-0.2, -0.15) is 0 Å². The van der Waals surface area contributed by atoms with Gasteiger partial charge in [0.25, 0.3) is 0 Å². The van der Waals surface area contributed by atoms with Crippen LogP contribution >= 0.6 is 11.8 Å². The molecule has 3 aromatic rings. The zero-order chi connectivity index (χ0) is 23.7. The lowest BCUT2D eigenvalue weighted by Crippen LogP contribution is -2.44. The second-order valence-electron chi connectivity index (χ2n) is 7.71. The van der Waals surface area contributed by atoms with Crippen LogP contribution in [0.2, 0.25) is 0 Å². The Kier molecular flexibility index (Phi) is 5.15. The lowest BCUT2D eigenvalue weighted by Gasteiger charge is -2.31. The number of hydrogen-bond donors (Lipinski definition) is 0. The molecule has 172 valence electrons. The Morgan fingerprint density at radius 3 is 1.21 bits per heavy atom. The zero-order valence-electron chi connectivity index (χ0n) is 16.5. The number of halogens is 4. The van der Waals surface area contributed by atoms with Crippen LogP contribution < -0.4 is 0 Å². The van der Waals surface area contributed by atoms with Crippen molar-refractivity contribution in [2.45, 2.75) is 30.8 Å². The van der Waals surface area contributed by atoms with Gasteiger partial charge in [-0.25, -0.2) is 34.4 Å². The van der Waals surface area contributed by atoms with Crippen molar-refractivity contribution >= 4 is 31.4 Å². The summed E-state index contributed by atoms with van der Waals surface area (Å²) < 4.78 is 112. The van der Waals surface area contributed by atoms with Crippen molar-refractivity contribution in [2.75, 3.05) is 0 Å². The third kappa shape index (κ3) is 3.08. The Hall–Kier alpha value is -2.37. The second-order valence-corrected chi connectivity index (χ2v) is 13.2. The molecule has 2 aliphatic rings. The largest absolute Gasteiger partial charge is 0.223 e. The molecule has 2 bridgehead atoms. The Morgan fingerprint density at radius 1 is 0.545 bits per heavy atom. The van der Waals surface area contributed by atoms with Crippen LogP contribution in [0.4, 0.5) is 17.6 Å². The summed E-state index contributed by atoms with van der Waals surface area (Å²) in [6, 6.07) is 14.0. The van der Waals surface area contributed by atoms with Gasteiger partial charge in [0.15, 0.2) is 42.9 Å². The second kappa shape index (κ2) is 7.57. The Labute approximate surface area is 191 Å². The van der Waals surface area contributed by atoms with Crippen molar-refractivity contribution in [1.29, 1.82) is 0 Å². The van der Waals surface area contributed by atoms with Gasteiger partial charge in [-0.15, -0.1) is 11.8 Å². The van der Waals surface area contributed by atoms with E-state index in [0.29, 0.717) is 11.8 Å². The van der Waals surface area contributed by atoms with Crippen LogP contribution in [0, 0.1) is 23.3 Å². The lowest BCUT2D eigenvalue weighted by atomic mass is 9.89. The fourth-order valence-electron chi connectivity index (χ4n) is 4.56. The standard InChI is InChI=1S/C22H14F4O4S3/c23-15-13-14(16(24)18(26)17(15)25)20-22(33(29,30)12-9-5-2-6-10-12)21(19(13)31-20)32(27,28)11-7-3-1-4-8-11/h1-10,19-22H. The summed E-state index contributed by atoms with van der Waals surface area (Å²) in [4.78, 5) is -0.414. The molecule has 5 rings (SSSR count). The maximum Gasteiger partial charge on any atom is 0.197 e. The average molecular weight is 515 g/mol. The van der Waals surface area contributed by atoms with Crippen molar-refractivity contribution < 1.29 is 34.4 Å². The molecule has 2 aliphatic heterocycles. The van der Waals surface area contributed by atoms with E-state index in [0.717, 1.165) is 0 Å². The minimum Gasteiger partial charge on any atom is -0.223 e. The van der Waals surface area contributed by atoms with Gasteiger partial charge in [0.05, 0.1) is 20.3 Å². The third-order valence-electron chi connectivity index (χ3n) is 5.98. The van der Waals surface area contributed by atoms with E-state index in [4.69, 9.17) is 0 Å². The molecule has 0 spiro atoms. The molecule has 33 heavy (non-hydrogen) atoms. The quantitative estimate of drug-likeness (QED) is 0.285. The number of rotatable bonds is 4. The average Bonchev–Trinajstić information content (AvgIpc) is 3.40. The highest BCUT2D eigenvalue weighted by Gasteiger charge is 2.64. The number of thioether (sulfide) groups is 1. The van der Waals surface area contributed by atoms with Gasteiger partial charge in [0, 0.05) is 11.1 Å². The highest BCUT2D eigenvalue weighted by Crippen LogP contribution is 2.66. The molecule has 0 aromatic heterocycles. The van der Waals surface area contributed by atoms with Gasteiger partial charge in [-0.05, 0) is 24.3 Å². The molecule has 4 nitrogen and oxygen atoms in total. The lowest BCUT2D eigenvalue weighted by molar-refractivity contribution is 0.393. The Balaban J connectivity index is 1.80. The molecule has 2 heterocycles. The SMILES string of the molecule is O=S(=O)(c1ccccc1)C1C2SC(c3c(F)c(F)c(F)c(F)c32)C1S(=O)(=O)c1ccccc1. The molecule has 1 saturated heterocycles. The van der Waals surface area contributed by atoms with Crippen LogP contribution in [-0.2, 0) is 19.7 Å². The van der Waals surface area contributed by atoms with Gasteiger partial charge >= 0.3 is 0 Å². The van der Waals surface area contributed by atoms with Crippen molar-refractivity contribution in [3.05, 3.63) is 95.1 Å². The summed E-state index contributed by atoms with van der Waals surface area (Å²) in [5.41, 5.74) is -1.27. The van der Waals surface area contributed by atoms with E-state index in [2.05, 4.69) is 0 Å². The van der Waals surface area contributed by atoms with E-state index in [1.165, 1.54) is 48.5 Å². The predicted octanol–water partition coefficient (Wildman–Crippen LogP) is 4.77. The first kappa shape index (κ1) is 22.4. The van der Waals surface area contributed by atoms with Gasteiger partial charge < -0.3 is 0 Å². The number of benzene rings is 3. The van der Waals surface area contributed by atoms with Gasteiger partial charge in [-0.3, -0.25) is 0 Å². The summed E-state index contributed by atoms with van der Waals surface area (Å²) in [7, 11) is -8.82. The molecule has 3 aromatic carbocycles. The predicted molar refractivity (Wildman–Crippen MR) is 114 cm³/mol. The molecule has 0 amide bonds. The summed E-state index contributed by atoms with van der Waals surface area (Å²) in [6.45, 7) is 0. The number of sulfone groups is 2. The molecule has 4 unspecified atom stereocenters. The van der Waals surface area contributed by atoms with Crippen LogP contribution in [-0.4, -0.2) is 27.3 Å². The highest BCUT2D eigenvalue weighted by atomic mass is 32.2. The van der Waals surface area contributed by atoms with Crippen molar-refractivity contribution in [3.63, 3.8) is 0 Å². The minimum absolute atomic E-state index is 0.207. The maximum atomic E-state index is 14.8. The molecule has 0 N–H and O–H groups in total. The Morgan fingerprint density at radius 2 is 0.879 bits per heavy atom. The summed E-state index contributed by atoms with van der Waals surface area (Å²) in [5, 5.41) is -6.37. The molecular weight excluding hydrogens is 500 g/mol. The van der Waals surface area contributed by atoms with E-state index < -0.39 is 75.1 Å². The summed E-state index contributed by atoms with van der Waals surface area (Å²) >= 11 is 0.694. The summed E-state index contributed by atoms with van der Waals surface area (Å²) in [6.07, 6.45) is 0. The van der Waals surface area contributed by atoms with Crippen molar-refractivity contribution in [2.24, 2.45) is 0 Å². The smallest absolute Gasteiger partial charge is 0.197 e. The molecule has 4 atom stereocenters. The first-order valence-electron chi connectivity index (χ1n) is 9.67. The van der Waals surface area contributed by atoms with Gasteiger partial charge in [0.2, 0.25) is 0 Å². The van der Waals surface area contributed by atoms with Gasteiger partial charge in [0.1, 0.15) is 10.5 Å². The van der Waals surface area contributed by atoms with Crippen LogP contribution in [0.5, 0.6) is 0 Å². The Bertz CT molecular complexity index is 1360. The number of fused-ring (bicyclic) bond motifs is 5. The zero-order valence-corrected chi connectivity index (χ0v) is 18.9. The molecule has 11 heteroatoms. The first-order chi connectivity index (χ1) is 15.6. The van der Waals surface area contributed by atoms with E-state index in [1.54, 1.807) is 12.1 Å². The third-order valence-corrected chi connectivity index (χ3v) is 12.6. The van der Waals surface area contributed by atoms with E-state index in [-0.39, 0.29) is 9.79 Å². The first-order valence-corrected chi connectivity index (χ1v) is 13.7. The molecular formula is C22H14F4O4S3. The van der Waals surface area contributed by atoms with Gasteiger partial charge in [-0.1, -0.05) is 36.4 Å². The molecule has 1 fully saturated rings. The highest BCUT2D eigenvalue weighted by molar-refractivity contribution is 8.05. The van der Waals surface area contributed by atoms with E-state index >= 15 is 0 Å². The van der Waals surface area contributed by atoms with Crippen LogP contribution in [0.3, 0.4) is 0 Å². The number of hydrogen-bond acceptors (Lipinski definition) is 5. The minimum atomic E-state index is -4.41.